The number of ether oxygens (including phenoxy) is 2. The lowest BCUT2D eigenvalue weighted by Crippen LogP contribution is -2.20. The van der Waals surface area contributed by atoms with Crippen molar-refractivity contribution in [3.05, 3.63) is 22.2 Å². The predicted octanol–water partition coefficient (Wildman–Crippen LogP) is 1.69. The molecule has 1 aromatic rings. The summed E-state index contributed by atoms with van der Waals surface area (Å²) in [6, 6.07) is 4.00. The van der Waals surface area contributed by atoms with E-state index in [1.807, 2.05) is 12.1 Å². The summed E-state index contributed by atoms with van der Waals surface area (Å²) in [4.78, 5) is 0. The Kier molecular flexibility index (Phi) is 5.03. The van der Waals surface area contributed by atoms with E-state index in [1.165, 1.54) is 0 Å². The van der Waals surface area contributed by atoms with Gasteiger partial charge in [-0.25, -0.2) is 0 Å². The number of rotatable bonds is 5. The molecule has 18 heavy (non-hydrogen) atoms. The number of benzene rings is 1. The Morgan fingerprint density at radius 2 is 2.17 bits per heavy atom. The Bertz CT molecular complexity index is 453. The first-order chi connectivity index (χ1) is 8.66. The van der Waals surface area contributed by atoms with E-state index in [0.717, 1.165) is 34.6 Å². The van der Waals surface area contributed by atoms with Crippen LogP contribution in [0.4, 0.5) is 0 Å². The van der Waals surface area contributed by atoms with Gasteiger partial charge in [-0.3, -0.25) is 4.21 Å². The van der Waals surface area contributed by atoms with Crippen LogP contribution in [0.15, 0.2) is 16.6 Å². The molecule has 1 aliphatic heterocycles. The first-order valence-electron chi connectivity index (χ1n) is 5.75. The van der Waals surface area contributed by atoms with Gasteiger partial charge in [-0.1, -0.05) is 0 Å². The summed E-state index contributed by atoms with van der Waals surface area (Å²) < 4.78 is 22.9. The molecule has 0 amide bonds. The molecule has 1 atom stereocenters. The SMILES string of the molecule is CS(=O)CCNCc1cc(Br)c2c(c1)OCCO2. The van der Waals surface area contributed by atoms with Crippen LogP contribution in [0.1, 0.15) is 5.56 Å². The summed E-state index contributed by atoms with van der Waals surface area (Å²) >= 11 is 3.48. The minimum Gasteiger partial charge on any atom is -0.486 e. The summed E-state index contributed by atoms with van der Waals surface area (Å²) in [6.07, 6.45) is 1.71. The van der Waals surface area contributed by atoms with Crippen molar-refractivity contribution in [3.63, 3.8) is 0 Å². The summed E-state index contributed by atoms with van der Waals surface area (Å²) in [5, 5.41) is 3.26. The number of hydrogen-bond donors (Lipinski definition) is 1. The molecule has 0 aliphatic carbocycles. The van der Waals surface area contributed by atoms with Crippen molar-refractivity contribution in [2.24, 2.45) is 0 Å². The zero-order valence-electron chi connectivity index (χ0n) is 10.2. The minimum atomic E-state index is -0.746. The average Bonchev–Trinajstić information content (AvgIpc) is 2.35. The van der Waals surface area contributed by atoms with Gasteiger partial charge in [-0.2, -0.15) is 0 Å². The van der Waals surface area contributed by atoms with Gasteiger partial charge < -0.3 is 14.8 Å². The van der Waals surface area contributed by atoms with Crippen LogP contribution in [0.3, 0.4) is 0 Å². The molecule has 0 aromatic heterocycles. The van der Waals surface area contributed by atoms with E-state index in [2.05, 4.69) is 21.2 Å². The van der Waals surface area contributed by atoms with E-state index in [4.69, 9.17) is 9.47 Å². The summed E-state index contributed by atoms with van der Waals surface area (Å²) in [5.41, 5.74) is 1.12. The predicted molar refractivity (Wildman–Crippen MR) is 75.8 cm³/mol. The quantitative estimate of drug-likeness (QED) is 0.833. The van der Waals surface area contributed by atoms with Crippen molar-refractivity contribution in [3.8, 4) is 11.5 Å². The maximum Gasteiger partial charge on any atom is 0.175 e. The van der Waals surface area contributed by atoms with Crippen molar-refractivity contribution in [2.75, 3.05) is 31.8 Å². The first-order valence-corrected chi connectivity index (χ1v) is 8.27. The van der Waals surface area contributed by atoms with Crippen LogP contribution >= 0.6 is 15.9 Å². The molecule has 4 nitrogen and oxygen atoms in total. The van der Waals surface area contributed by atoms with Crippen molar-refractivity contribution in [1.29, 1.82) is 0 Å². The third-order valence-electron chi connectivity index (χ3n) is 2.55. The zero-order chi connectivity index (χ0) is 13.0. The molecule has 2 rings (SSSR count). The highest BCUT2D eigenvalue weighted by atomic mass is 79.9. The fourth-order valence-electron chi connectivity index (χ4n) is 1.71. The molecular weight excluding hydrogens is 318 g/mol. The molecule has 0 spiro atoms. The Hall–Kier alpha value is -0.590. The highest BCUT2D eigenvalue weighted by Crippen LogP contribution is 2.38. The van der Waals surface area contributed by atoms with Crippen molar-refractivity contribution < 1.29 is 13.7 Å². The van der Waals surface area contributed by atoms with E-state index in [1.54, 1.807) is 6.26 Å². The number of hydrogen-bond acceptors (Lipinski definition) is 4. The summed E-state index contributed by atoms with van der Waals surface area (Å²) in [6.45, 7) is 2.65. The molecule has 0 saturated heterocycles. The second-order valence-corrected chi connectivity index (χ2v) is 6.46. The van der Waals surface area contributed by atoms with E-state index >= 15 is 0 Å². The lowest BCUT2D eigenvalue weighted by Gasteiger charge is -2.20. The molecule has 1 N–H and O–H groups in total. The topological polar surface area (TPSA) is 47.6 Å². The average molecular weight is 334 g/mol. The third kappa shape index (κ3) is 3.70. The molecule has 1 unspecified atom stereocenters. The van der Waals surface area contributed by atoms with Crippen LogP contribution in [0.5, 0.6) is 11.5 Å². The minimum absolute atomic E-state index is 0.588. The maximum absolute atomic E-state index is 10.9. The second kappa shape index (κ2) is 6.54. The van der Waals surface area contributed by atoms with Gasteiger partial charge in [0, 0.05) is 35.9 Å². The van der Waals surface area contributed by atoms with Crippen LogP contribution in [0.25, 0.3) is 0 Å². The van der Waals surface area contributed by atoms with Gasteiger partial charge in [0.05, 0.1) is 4.47 Å². The molecule has 100 valence electrons. The first kappa shape index (κ1) is 13.8. The molecule has 1 aliphatic rings. The molecule has 0 saturated carbocycles. The van der Waals surface area contributed by atoms with Crippen molar-refractivity contribution in [1.82, 2.24) is 5.32 Å². The zero-order valence-corrected chi connectivity index (χ0v) is 12.6. The Morgan fingerprint density at radius 3 is 2.94 bits per heavy atom. The summed E-state index contributed by atoms with van der Waals surface area (Å²) in [5.74, 6) is 2.23. The largest absolute Gasteiger partial charge is 0.486 e. The Labute approximate surface area is 118 Å². The molecule has 0 bridgehead atoms. The molecule has 0 fully saturated rings. The molecular formula is C12H16BrNO3S. The van der Waals surface area contributed by atoms with Gasteiger partial charge in [0.1, 0.15) is 13.2 Å². The number of fused-ring (bicyclic) bond motifs is 1. The van der Waals surface area contributed by atoms with Crippen LogP contribution in [-0.2, 0) is 17.3 Å². The standard InChI is InChI=1S/C12H16BrNO3S/c1-18(15)5-2-14-8-9-6-10(13)12-11(7-9)16-3-4-17-12/h6-7,14H,2-5,8H2,1H3. The van der Waals surface area contributed by atoms with E-state index in [9.17, 15) is 4.21 Å². The Balaban J connectivity index is 1.97. The van der Waals surface area contributed by atoms with Crippen LogP contribution in [0.2, 0.25) is 0 Å². The van der Waals surface area contributed by atoms with Gasteiger partial charge in [0.25, 0.3) is 0 Å². The molecule has 1 aromatic carbocycles. The van der Waals surface area contributed by atoms with E-state index in [-0.39, 0.29) is 0 Å². The van der Waals surface area contributed by atoms with Crippen molar-refractivity contribution >= 4 is 26.7 Å². The molecule has 1 heterocycles. The van der Waals surface area contributed by atoms with Crippen LogP contribution < -0.4 is 14.8 Å². The monoisotopic (exact) mass is 333 g/mol. The number of nitrogens with one attached hydrogen (secondary N) is 1. The smallest absolute Gasteiger partial charge is 0.175 e. The maximum atomic E-state index is 10.9. The lowest BCUT2D eigenvalue weighted by molar-refractivity contribution is 0.170. The third-order valence-corrected chi connectivity index (χ3v) is 3.92. The van der Waals surface area contributed by atoms with Crippen molar-refractivity contribution in [2.45, 2.75) is 6.54 Å². The fourth-order valence-corrected chi connectivity index (χ4v) is 2.75. The van der Waals surface area contributed by atoms with E-state index in [0.29, 0.717) is 19.0 Å². The lowest BCUT2D eigenvalue weighted by atomic mass is 10.2. The number of halogens is 1. The highest BCUT2D eigenvalue weighted by Gasteiger charge is 2.15. The van der Waals surface area contributed by atoms with Gasteiger partial charge in [-0.15, -0.1) is 0 Å². The van der Waals surface area contributed by atoms with Crippen LogP contribution in [0, 0.1) is 0 Å². The van der Waals surface area contributed by atoms with E-state index < -0.39 is 10.8 Å². The van der Waals surface area contributed by atoms with Gasteiger partial charge in [0.15, 0.2) is 11.5 Å². The Morgan fingerprint density at radius 1 is 1.39 bits per heavy atom. The normalized spacial score (nSPS) is 15.4. The van der Waals surface area contributed by atoms with Gasteiger partial charge in [-0.05, 0) is 33.6 Å². The second-order valence-electron chi connectivity index (χ2n) is 4.06. The van der Waals surface area contributed by atoms with Gasteiger partial charge in [0.2, 0.25) is 0 Å². The fraction of sp³-hybridized carbons (Fsp3) is 0.500. The molecule has 0 radical (unpaired) electrons. The highest BCUT2D eigenvalue weighted by molar-refractivity contribution is 9.10. The summed E-state index contributed by atoms with van der Waals surface area (Å²) in [7, 11) is -0.746. The van der Waals surface area contributed by atoms with Gasteiger partial charge >= 0.3 is 0 Å². The molecule has 6 heteroatoms. The van der Waals surface area contributed by atoms with Crippen LogP contribution in [-0.4, -0.2) is 36.0 Å².